The van der Waals surface area contributed by atoms with Crippen LogP contribution < -0.4 is 5.32 Å². The van der Waals surface area contributed by atoms with Crippen molar-refractivity contribution < 1.29 is 27.5 Å². The zero-order chi connectivity index (χ0) is 22.9. The average Bonchev–Trinajstić information content (AvgIpc) is 3.09. The summed E-state index contributed by atoms with van der Waals surface area (Å²) in [6.45, 7) is -0.559. The molecular formula is C20H20F4N6O2. The summed E-state index contributed by atoms with van der Waals surface area (Å²) in [4.78, 5) is 22.4. The van der Waals surface area contributed by atoms with Gasteiger partial charge in [-0.05, 0) is 37.0 Å². The van der Waals surface area contributed by atoms with Crippen molar-refractivity contribution in [1.29, 1.82) is 0 Å². The molecule has 2 N–H and O–H groups in total. The molecule has 1 amide bonds. The van der Waals surface area contributed by atoms with Crippen LogP contribution in [0.1, 0.15) is 23.3 Å². The summed E-state index contributed by atoms with van der Waals surface area (Å²) in [5.74, 6) is -0.777. The van der Waals surface area contributed by atoms with Crippen molar-refractivity contribution in [2.75, 3.05) is 25.0 Å². The molecule has 0 spiro atoms. The van der Waals surface area contributed by atoms with Crippen LogP contribution in [0.4, 0.5) is 29.2 Å². The summed E-state index contributed by atoms with van der Waals surface area (Å²) in [6.07, 6.45) is -0.771. The van der Waals surface area contributed by atoms with Gasteiger partial charge in [0.2, 0.25) is 0 Å². The molecule has 0 unspecified atom stereocenters. The SMILES string of the molecule is O=C(c1cc2c(cn1)c(Nc1ccc(F)cn1)nn2CC(F)(F)F)N1CCC[C@H](CO)C1. The number of rotatable bonds is 5. The summed E-state index contributed by atoms with van der Waals surface area (Å²) in [6, 6.07) is 3.75. The van der Waals surface area contributed by atoms with E-state index in [1.165, 1.54) is 18.3 Å². The lowest BCUT2D eigenvalue weighted by molar-refractivity contribution is -0.141. The standard InChI is InChI=1S/C20H20F4N6O2/c21-13-3-4-17(26-7-13)27-18-14-8-25-15(6-16(14)30(28-18)11-20(22,23)24)19(32)29-5-1-2-12(9-29)10-31/h3-4,6-8,12,31H,1-2,5,9-11H2,(H,26,27,28)/t12-/m0/s1. The van der Waals surface area contributed by atoms with Crippen LogP contribution in [0.25, 0.3) is 10.9 Å². The van der Waals surface area contributed by atoms with Crippen molar-refractivity contribution in [1.82, 2.24) is 24.6 Å². The third-order valence-electron chi connectivity index (χ3n) is 5.22. The monoisotopic (exact) mass is 452 g/mol. The van der Waals surface area contributed by atoms with Crippen LogP contribution in [0.15, 0.2) is 30.6 Å². The Kier molecular flexibility index (Phi) is 5.96. The number of amides is 1. The molecule has 1 saturated heterocycles. The first-order valence-electron chi connectivity index (χ1n) is 9.95. The summed E-state index contributed by atoms with van der Waals surface area (Å²) in [7, 11) is 0. The number of likely N-dealkylation sites (tertiary alicyclic amines) is 1. The minimum atomic E-state index is -4.54. The third-order valence-corrected chi connectivity index (χ3v) is 5.22. The van der Waals surface area contributed by atoms with Gasteiger partial charge in [-0.1, -0.05) is 0 Å². The highest BCUT2D eigenvalue weighted by Crippen LogP contribution is 2.29. The maximum atomic E-state index is 13.1. The molecule has 4 heterocycles. The highest BCUT2D eigenvalue weighted by molar-refractivity contribution is 5.98. The number of alkyl halides is 3. The number of nitrogens with one attached hydrogen (secondary N) is 1. The Bertz CT molecular complexity index is 1120. The van der Waals surface area contributed by atoms with E-state index in [4.69, 9.17) is 0 Å². The lowest BCUT2D eigenvalue weighted by atomic mass is 9.99. The number of aliphatic hydroxyl groups excluding tert-OH is 1. The second-order valence-electron chi connectivity index (χ2n) is 7.64. The predicted octanol–water partition coefficient (Wildman–Crippen LogP) is 3.12. The smallest absolute Gasteiger partial charge is 0.396 e. The second-order valence-corrected chi connectivity index (χ2v) is 7.64. The Labute approximate surface area is 179 Å². The van der Waals surface area contributed by atoms with Gasteiger partial charge in [0.1, 0.15) is 23.9 Å². The van der Waals surface area contributed by atoms with Gasteiger partial charge in [0.15, 0.2) is 5.82 Å². The first-order chi connectivity index (χ1) is 15.2. The molecule has 0 bridgehead atoms. The van der Waals surface area contributed by atoms with E-state index < -0.39 is 24.4 Å². The van der Waals surface area contributed by atoms with Gasteiger partial charge in [-0.2, -0.15) is 18.3 Å². The molecule has 32 heavy (non-hydrogen) atoms. The number of aliphatic hydroxyl groups is 1. The molecular weight excluding hydrogens is 432 g/mol. The number of aromatic nitrogens is 4. The average molecular weight is 452 g/mol. The molecule has 3 aromatic rings. The van der Waals surface area contributed by atoms with Gasteiger partial charge in [-0.15, -0.1) is 0 Å². The van der Waals surface area contributed by atoms with E-state index in [2.05, 4.69) is 20.4 Å². The number of halogens is 4. The molecule has 8 nitrogen and oxygen atoms in total. The number of pyridine rings is 2. The van der Waals surface area contributed by atoms with Crippen molar-refractivity contribution in [3.8, 4) is 0 Å². The largest absolute Gasteiger partial charge is 0.408 e. The number of hydrogen-bond donors (Lipinski definition) is 2. The lowest BCUT2D eigenvalue weighted by Gasteiger charge is -2.31. The molecule has 4 rings (SSSR count). The molecule has 0 aliphatic carbocycles. The van der Waals surface area contributed by atoms with Gasteiger partial charge < -0.3 is 15.3 Å². The Morgan fingerprint density at radius 1 is 1.25 bits per heavy atom. The van der Waals surface area contributed by atoms with Gasteiger partial charge in [0.25, 0.3) is 5.91 Å². The topological polar surface area (TPSA) is 96.2 Å². The van der Waals surface area contributed by atoms with E-state index in [-0.39, 0.29) is 40.8 Å². The number of fused-ring (bicyclic) bond motifs is 1. The molecule has 0 saturated carbocycles. The van der Waals surface area contributed by atoms with E-state index in [0.29, 0.717) is 13.1 Å². The first-order valence-corrected chi connectivity index (χ1v) is 9.95. The maximum Gasteiger partial charge on any atom is 0.408 e. The fourth-order valence-corrected chi connectivity index (χ4v) is 3.70. The number of hydrogen-bond acceptors (Lipinski definition) is 6. The quantitative estimate of drug-likeness (QED) is 0.578. The molecule has 170 valence electrons. The molecule has 0 radical (unpaired) electrons. The highest BCUT2D eigenvalue weighted by Gasteiger charge is 2.31. The van der Waals surface area contributed by atoms with Crippen molar-refractivity contribution in [3.63, 3.8) is 0 Å². The normalized spacial score (nSPS) is 17.0. The van der Waals surface area contributed by atoms with Gasteiger partial charge >= 0.3 is 6.18 Å². The van der Waals surface area contributed by atoms with E-state index in [0.717, 1.165) is 29.8 Å². The molecule has 3 aromatic heterocycles. The van der Waals surface area contributed by atoms with Crippen molar-refractivity contribution in [3.05, 3.63) is 42.1 Å². The van der Waals surface area contributed by atoms with E-state index in [1.54, 1.807) is 4.90 Å². The molecule has 1 aliphatic heterocycles. The van der Waals surface area contributed by atoms with E-state index in [9.17, 15) is 27.5 Å². The Morgan fingerprint density at radius 3 is 2.75 bits per heavy atom. The van der Waals surface area contributed by atoms with Crippen LogP contribution in [0.5, 0.6) is 0 Å². The minimum absolute atomic E-state index is 0.00845. The van der Waals surface area contributed by atoms with E-state index in [1.807, 2.05) is 0 Å². The fraction of sp³-hybridized carbons (Fsp3) is 0.400. The van der Waals surface area contributed by atoms with Crippen molar-refractivity contribution in [2.24, 2.45) is 5.92 Å². The Morgan fingerprint density at radius 2 is 2.06 bits per heavy atom. The lowest BCUT2D eigenvalue weighted by Crippen LogP contribution is -2.41. The molecule has 1 fully saturated rings. The fourth-order valence-electron chi connectivity index (χ4n) is 3.70. The van der Waals surface area contributed by atoms with Gasteiger partial charge in [0, 0.05) is 25.9 Å². The van der Waals surface area contributed by atoms with E-state index >= 15 is 0 Å². The summed E-state index contributed by atoms with van der Waals surface area (Å²) in [5, 5.41) is 16.4. The zero-order valence-corrected chi connectivity index (χ0v) is 16.8. The number of carbonyl (C=O) groups is 1. The van der Waals surface area contributed by atoms with Gasteiger partial charge in [-0.3, -0.25) is 14.5 Å². The number of piperidine rings is 1. The van der Waals surface area contributed by atoms with Crippen LogP contribution >= 0.6 is 0 Å². The van der Waals surface area contributed by atoms with Crippen molar-refractivity contribution in [2.45, 2.75) is 25.6 Å². The summed E-state index contributed by atoms with van der Waals surface area (Å²) in [5.41, 5.74) is 0.0619. The maximum absolute atomic E-state index is 13.1. The van der Waals surface area contributed by atoms with Crippen LogP contribution in [-0.4, -0.2) is 61.5 Å². The molecule has 12 heteroatoms. The first kappa shape index (κ1) is 21.9. The summed E-state index contributed by atoms with van der Waals surface area (Å²) >= 11 is 0. The number of carbonyl (C=O) groups excluding carboxylic acids is 1. The Hall–Kier alpha value is -3.28. The summed E-state index contributed by atoms with van der Waals surface area (Å²) < 4.78 is 53.2. The predicted molar refractivity (Wildman–Crippen MR) is 107 cm³/mol. The zero-order valence-electron chi connectivity index (χ0n) is 16.8. The highest BCUT2D eigenvalue weighted by atomic mass is 19.4. The third kappa shape index (κ3) is 4.79. The second kappa shape index (κ2) is 8.69. The molecule has 1 aliphatic rings. The van der Waals surface area contributed by atoms with Crippen LogP contribution in [-0.2, 0) is 6.54 Å². The number of anilines is 2. The minimum Gasteiger partial charge on any atom is -0.396 e. The van der Waals surface area contributed by atoms with Crippen LogP contribution in [0, 0.1) is 11.7 Å². The van der Waals surface area contributed by atoms with Crippen molar-refractivity contribution >= 4 is 28.4 Å². The van der Waals surface area contributed by atoms with Crippen LogP contribution in [0.2, 0.25) is 0 Å². The van der Waals surface area contributed by atoms with Gasteiger partial charge in [-0.25, -0.2) is 9.37 Å². The number of nitrogens with zero attached hydrogens (tertiary/aromatic N) is 5. The van der Waals surface area contributed by atoms with Crippen LogP contribution in [0.3, 0.4) is 0 Å². The molecule has 0 aromatic carbocycles. The Balaban J connectivity index is 1.69. The molecule has 1 atom stereocenters. The van der Waals surface area contributed by atoms with Gasteiger partial charge in [0.05, 0.1) is 17.1 Å².